The van der Waals surface area contributed by atoms with Gasteiger partial charge in [0, 0.05) is 12.1 Å². The SMILES string of the molecule is Cc1cc(Br)c(OCc2ccc(C(=O)OCC(=O)N3C(C)CCCC3C)cc2)c(Br)c1. The van der Waals surface area contributed by atoms with E-state index in [0.29, 0.717) is 12.2 Å². The van der Waals surface area contributed by atoms with E-state index >= 15 is 0 Å². The van der Waals surface area contributed by atoms with Gasteiger partial charge in [0.25, 0.3) is 5.91 Å². The highest BCUT2D eigenvalue weighted by Crippen LogP contribution is 2.35. The van der Waals surface area contributed by atoms with Gasteiger partial charge in [0.2, 0.25) is 0 Å². The molecule has 7 heteroatoms. The van der Waals surface area contributed by atoms with E-state index in [1.807, 2.05) is 49.9 Å². The zero-order valence-electron chi connectivity index (χ0n) is 18.0. The average Bonchev–Trinajstić information content (AvgIpc) is 2.71. The summed E-state index contributed by atoms with van der Waals surface area (Å²) in [6.07, 6.45) is 3.10. The second-order valence-electron chi connectivity index (χ2n) is 8.05. The molecule has 1 saturated heterocycles. The molecule has 2 aromatic rings. The highest BCUT2D eigenvalue weighted by atomic mass is 79.9. The number of ether oxygens (including phenoxy) is 2. The Balaban J connectivity index is 1.54. The highest BCUT2D eigenvalue weighted by molar-refractivity contribution is 9.11. The van der Waals surface area contributed by atoms with E-state index in [1.165, 1.54) is 0 Å². The van der Waals surface area contributed by atoms with Crippen LogP contribution in [0, 0.1) is 6.92 Å². The molecule has 5 nitrogen and oxygen atoms in total. The zero-order valence-corrected chi connectivity index (χ0v) is 21.2. The number of carbonyl (C=O) groups is 2. The fourth-order valence-corrected chi connectivity index (χ4v) is 5.56. The van der Waals surface area contributed by atoms with E-state index in [1.54, 1.807) is 12.1 Å². The van der Waals surface area contributed by atoms with E-state index < -0.39 is 5.97 Å². The van der Waals surface area contributed by atoms with Crippen LogP contribution in [0.1, 0.15) is 54.6 Å². The van der Waals surface area contributed by atoms with Crippen molar-refractivity contribution in [2.24, 2.45) is 0 Å². The summed E-state index contributed by atoms with van der Waals surface area (Å²) in [6, 6.07) is 11.4. The first kappa shape index (κ1) is 23.8. The molecule has 2 atom stereocenters. The van der Waals surface area contributed by atoms with Crippen LogP contribution in [0.4, 0.5) is 0 Å². The first-order valence-corrected chi connectivity index (χ1v) is 12.0. The van der Waals surface area contributed by atoms with E-state index in [4.69, 9.17) is 9.47 Å². The lowest BCUT2D eigenvalue weighted by Gasteiger charge is -2.38. The maximum Gasteiger partial charge on any atom is 0.338 e. The third kappa shape index (κ3) is 6.10. The van der Waals surface area contributed by atoms with Crippen molar-refractivity contribution in [1.29, 1.82) is 0 Å². The summed E-state index contributed by atoms with van der Waals surface area (Å²) >= 11 is 7.04. The molecule has 0 bridgehead atoms. The summed E-state index contributed by atoms with van der Waals surface area (Å²) in [7, 11) is 0. The highest BCUT2D eigenvalue weighted by Gasteiger charge is 2.29. The molecule has 1 aliphatic heterocycles. The lowest BCUT2D eigenvalue weighted by Crippen LogP contribution is -2.49. The molecule has 1 fully saturated rings. The van der Waals surface area contributed by atoms with Crippen molar-refractivity contribution in [2.75, 3.05) is 6.61 Å². The number of halogens is 2. The first-order chi connectivity index (χ1) is 14.8. The Kier molecular flexibility index (Phi) is 8.17. The van der Waals surface area contributed by atoms with Crippen molar-refractivity contribution in [3.05, 3.63) is 62.0 Å². The van der Waals surface area contributed by atoms with Crippen LogP contribution in [0.3, 0.4) is 0 Å². The van der Waals surface area contributed by atoms with Crippen molar-refractivity contribution < 1.29 is 19.1 Å². The van der Waals surface area contributed by atoms with E-state index in [2.05, 4.69) is 31.9 Å². The maximum absolute atomic E-state index is 12.5. The summed E-state index contributed by atoms with van der Waals surface area (Å²) in [5.41, 5.74) is 2.45. The van der Waals surface area contributed by atoms with Gasteiger partial charge in [-0.25, -0.2) is 4.79 Å². The number of amides is 1. The molecule has 166 valence electrons. The van der Waals surface area contributed by atoms with Gasteiger partial charge < -0.3 is 14.4 Å². The number of hydrogen-bond donors (Lipinski definition) is 0. The molecule has 0 radical (unpaired) electrons. The Morgan fingerprint density at radius 3 is 2.19 bits per heavy atom. The Bertz CT molecular complexity index is 912. The zero-order chi connectivity index (χ0) is 22.5. The standard InChI is InChI=1S/C24H27Br2NO4/c1-15-11-20(25)23(21(26)12-15)30-13-18-7-9-19(10-8-18)24(29)31-14-22(28)27-16(2)5-4-6-17(27)3/h7-12,16-17H,4-6,13-14H2,1-3H3. The lowest BCUT2D eigenvalue weighted by atomic mass is 9.97. The molecule has 0 saturated carbocycles. The molecular formula is C24H27Br2NO4. The second kappa shape index (κ2) is 10.6. The molecule has 0 aromatic heterocycles. The topological polar surface area (TPSA) is 55.8 Å². The van der Waals surface area contributed by atoms with Gasteiger partial charge in [0.1, 0.15) is 12.4 Å². The summed E-state index contributed by atoms with van der Waals surface area (Å²) in [5.74, 6) is 0.100. The molecule has 0 N–H and O–H groups in total. The maximum atomic E-state index is 12.5. The summed E-state index contributed by atoms with van der Waals surface area (Å²) in [4.78, 5) is 26.7. The van der Waals surface area contributed by atoms with Gasteiger partial charge in [0.05, 0.1) is 14.5 Å². The third-order valence-corrected chi connectivity index (χ3v) is 6.70. The van der Waals surface area contributed by atoms with Gasteiger partial charge in [-0.05, 0) is 107 Å². The van der Waals surface area contributed by atoms with Crippen molar-refractivity contribution in [3.63, 3.8) is 0 Å². The summed E-state index contributed by atoms with van der Waals surface area (Å²) in [5, 5.41) is 0. The minimum Gasteiger partial charge on any atom is -0.487 e. The number of rotatable bonds is 6. The van der Waals surface area contributed by atoms with Crippen LogP contribution in [-0.2, 0) is 16.1 Å². The number of piperidine rings is 1. The minimum absolute atomic E-state index is 0.132. The number of nitrogens with zero attached hydrogens (tertiary/aromatic N) is 1. The number of esters is 1. The quantitative estimate of drug-likeness (QED) is 0.410. The predicted molar refractivity (Wildman–Crippen MR) is 127 cm³/mol. The molecule has 31 heavy (non-hydrogen) atoms. The molecule has 2 aromatic carbocycles. The monoisotopic (exact) mass is 551 g/mol. The number of aryl methyl sites for hydroxylation is 1. The number of hydrogen-bond acceptors (Lipinski definition) is 4. The van der Waals surface area contributed by atoms with Crippen molar-refractivity contribution in [3.8, 4) is 5.75 Å². The van der Waals surface area contributed by atoms with Gasteiger partial charge in [-0.3, -0.25) is 4.79 Å². The lowest BCUT2D eigenvalue weighted by molar-refractivity contribution is -0.140. The van der Waals surface area contributed by atoms with E-state index in [0.717, 1.165) is 45.1 Å². The van der Waals surface area contributed by atoms with Crippen LogP contribution in [0.25, 0.3) is 0 Å². The Morgan fingerprint density at radius 2 is 1.61 bits per heavy atom. The van der Waals surface area contributed by atoms with Crippen LogP contribution in [0.2, 0.25) is 0 Å². The van der Waals surface area contributed by atoms with Gasteiger partial charge in [-0.1, -0.05) is 12.1 Å². The predicted octanol–water partition coefficient (Wildman–Crippen LogP) is 6.05. The summed E-state index contributed by atoms with van der Waals surface area (Å²) in [6.45, 7) is 6.23. The molecule has 2 unspecified atom stereocenters. The fraction of sp³-hybridized carbons (Fsp3) is 0.417. The molecular weight excluding hydrogens is 526 g/mol. The van der Waals surface area contributed by atoms with E-state index in [-0.39, 0.29) is 24.6 Å². The van der Waals surface area contributed by atoms with Crippen LogP contribution in [0.15, 0.2) is 45.3 Å². The molecule has 0 spiro atoms. The van der Waals surface area contributed by atoms with Crippen molar-refractivity contribution >= 4 is 43.7 Å². The largest absolute Gasteiger partial charge is 0.487 e. The number of carbonyl (C=O) groups excluding carboxylic acids is 2. The Hall–Kier alpha value is -1.86. The van der Waals surface area contributed by atoms with Crippen LogP contribution < -0.4 is 4.74 Å². The van der Waals surface area contributed by atoms with Crippen LogP contribution >= 0.6 is 31.9 Å². The average molecular weight is 553 g/mol. The van der Waals surface area contributed by atoms with Gasteiger partial charge in [-0.15, -0.1) is 0 Å². The minimum atomic E-state index is -0.498. The van der Waals surface area contributed by atoms with Gasteiger partial charge >= 0.3 is 5.97 Å². The Morgan fingerprint density at radius 1 is 1.03 bits per heavy atom. The molecule has 1 heterocycles. The van der Waals surface area contributed by atoms with Gasteiger partial charge in [-0.2, -0.15) is 0 Å². The molecule has 1 amide bonds. The third-order valence-electron chi connectivity index (χ3n) is 5.52. The van der Waals surface area contributed by atoms with Crippen LogP contribution in [0.5, 0.6) is 5.75 Å². The van der Waals surface area contributed by atoms with Crippen molar-refractivity contribution in [2.45, 2.75) is 58.7 Å². The second-order valence-corrected chi connectivity index (χ2v) is 9.76. The molecule has 1 aliphatic rings. The normalized spacial score (nSPS) is 18.5. The number of likely N-dealkylation sites (tertiary alicyclic amines) is 1. The van der Waals surface area contributed by atoms with Gasteiger partial charge in [0.15, 0.2) is 6.61 Å². The first-order valence-electron chi connectivity index (χ1n) is 10.4. The fourth-order valence-electron chi connectivity index (χ4n) is 3.92. The van der Waals surface area contributed by atoms with Crippen molar-refractivity contribution in [1.82, 2.24) is 4.90 Å². The smallest absolute Gasteiger partial charge is 0.338 e. The van der Waals surface area contributed by atoms with E-state index in [9.17, 15) is 9.59 Å². The summed E-state index contributed by atoms with van der Waals surface area (Å²) < 4.78 is 12.9. The molecule has 0 aliphatic carbocycles. The Labute approximate surface area is 200 Å². The number of benzene rings is 2. The van der Waals surface area contributed by atoms with Crippen LogP contribution in [-0.4, -0.2) is 35.5 Å². The molecule has 3 rings (SSSR count).